The predicted octanol–water partition coefficient (Wildman–Crippen LogP) is 2.66. The van der Waals surface area contributed by atoms with E-state index in [0.29, 0.717) is 5.92 Å². The van der Waals surface area contributed by atoms with Crippen molar-refractivity contribution in [1.82, 2.24) is 0 Å². The SMILES string of the molecule is O=C(O)C1CCC(c2ccccc2)CC1.[Ca]. The molecule has 82 valence electrons. The van der Waals surface area contributed by atoms with Crippen LogP contribution in [0.15, 0.2) is 30.3 Å². The number of hydrogen-bond acceptors (Lipinski definition) is 1. The predicted molar refractivity (Wildman–Crippen MR) is 64.5 cm³/mol. The minimum absolute atomic E-state index is 0. The third-order valence-electron chi connectivity index (χ3n) is 3.35. The molecule has 0 heterocycles. The molecule has 0 bridgehead atoms. The van der Waals surface area contributed by atoms with E-state index in [4.69, 9.17) is 5.11 Å². The first kappa shape index (κ1) is 14.0. The molecule has 0 atom stereocenters. The maximum Gasteiger partial charge on any atom is 0.306 e. The van der Waals surface area contributed by atoms with Crippen molar-refractivity contribution in [2.45, 2.75) is 31.6 Å². The standard InChI is InChI=1S/C13H16O2.Ca/c14-13(15)12-8-6-11(7-9-12)10-4-2-1-3-5-10;/h1-5,11-12H,6-9H2,(H,14,15);. The number of rotatable bonds is 2. The minimum Gasteiger partial charge on any atom is -0.481 e. The molecule has 1 aromatic rings. The van der Waals surface area contributed by atoms with Crippen molar-refractivity contribution in [3.05, 3.63) is 35.9 Å². The Labute approximate surface area is 126 Å². The van der Waals surface area contributed by atoms with Crippen LogP contribution in [0.4, 0.5) is 0 Å². The van der Waals surface area contributed by atoms with Crippen molar-refractivity contribution in [3.63, 3.8) is 0 Å². The van der Waals surface area contributed by atoms with Crippen LogP contribution in [-0.4, -0.2) is 48.8 Å². The first-order valence-electron chi connectivity index (χ1n) is 5.55. The van der Waals surface area contributed by atoms with E-state index in [1.165, 1.54) is 5.56 Å². The molecule has 0 amide bonds. The van der Waals surface area contributed by atoms with E-state index in [0.717, 1.165) is 25.7 Å². The molecule has 0 unspecified atom stereocenters. The molecule has 2 radical (unpaired) electrons. The van der Waals surface area contributed by atoms with Gasteiger partial charge in [-0.2, -0.15) is 0 Å². The molecule has 0 saturated heterocycles. The van der Waals surface area contributed by atoms with Crippen molar-refractivity contribution >= 4 is 43.7 Å². The maximum absolute atomic E-state index is 10.8. The van der Waals surface area contributed by atoms with Gasteiger partial charge in [-0.15, -0.1) is 0 Å². The van der Waals surface area contributed by atoms with Gasteiger partial charge >= 0.3 is 5.97 Å². The van der Waals surface area contributed by atoms with Crippen LogP contribution in [0, 0.1) is 5.92 Å². The minimum atomic E-state index is -0.624. The number of carboxylic acids is 1. The summed E-state index contributed by atoms with van der Waals surface area (Å²) < 4.78 is 0. The first-order valence-corrected chi connectivity index (χ1v) is 5.55. The largest absolute Gasteiger partial charge is 0.481 e. The maximum atomic E-state index is 10.8. The second-order valence-electron chi connectivity index (χ2n) is 4.30. The average Bonchev–Trinajstić information content (AvgIpc) is 2.30. The number of hydrogen-bond donors (Lipinski definition) is 1. The van der Waals surface area contributed by atoms with Gasteiger partial charge < -0.3 is 5.11 Å². The Bertz CT molecular complexity index is 329. The van der Waals surface area contributed by atoms with Gasteiger partial charge in [0, 0.05) is 37.7 Å². The van der Waals surface area contributed by atoms with Crippen LogP contribution in [0.1, 0.15) is 37.2 Å². The summed E-state index contributed by atoms with van der Waals surface area (Å²) in [6.07, 6.45) is 3.69. The number of carboxylic acid groups (broad SMARTS) is 1. The van der Waals surface area contributed by atoms with Crippen LogP contribution in [-0.2, 0) is 4.79 Å². The van der Waals surface area contributed by atoms with E-state index in [9.17, 15) is 4.79 Å². The smallest absolute Gasteiger partial charge is 0.306 e. The molecule has 2 rings (SSSR count). The topological polar surface area (TPSA) is 37.3 Å². The molecule has 0 spiro atoms. The molecule has 1 aliphatic carbocycles. The zero-order valence-electron chi connectivity index (χ0n) is 9.43. The van der Waals surface area contributed by atoms with Gasteiger partial charge in [-0.3, -0.25) is 4.79 Å². The monoisotopic (exact) mass is 244 g/mol. The van der Waals surface area contributed by atoms with Gasteiger partial charge in [0.05, 0.1) is 5.92 Å². The van der Waals surface area contributed by atoms with Crippen LogP contribution in [0.3, 0.4) is 0 Å². The quantitative estimate of drug-likeness (QED) is 0.812. The van der Waals surface area contributed by atoms with E-state index in [2.05, 4.69) is 24.3 Å². The van der Waals surface area contributed by atoms with E-state index in [-0.39, 0.29) is 43.7 Å². The van der Waals surface area contributed by atoms with Gasteiger partial charge in [-0.1, -0.05) is 30.3 Å². The molecule has 1 fully saturated rings. The summed E-state index contributed by atoms with van der Waals surface area (Å²) >= 11 is 0. The Hall–Kier alpha value is -0.0503. The van der Waals surface area contributed by atoms with Gasteiger partial charge in [-0.25, -0.2) is 0 Å². The summed E-state index contributed by atoms with van der Waals surface area (Å²) in [5.41, 5.74) is 1.36. The number of aliphatic carboxylic acids is 1. The fourth-order valence-electron chi connectivity index (χ4n) is 2.40. The Kier molecular flexibility index (Phi) is 5.81. The second kappa shape index (κ2) is 6.63. The third kappa shape index (κ3) is 3.47. The van der Waals surface area contributed by atoms with Gasteiger partial charge in [0.2, 0.25) is 0 Å². The molecule has 3 heteroatoms. The van der Waals surface area contributed by atoms with Gasteiger partial charge in [-0.05, 0) is 37.2 Å². The fourth-order valence-corrected chi connectivity index (χ4v) is 2.40. The van der Waals surface area contributed by atoms with Crippen molar-refractivity contribution < 1.29 is 9.90 Å². The molecule has 1 aromatic carbocycles. The summed E-state index contributed by atoms with van der Waals surface area (Å²) in [6, 6.07) is 10.4. The third-order valence-corrected chi connectivity index (χ3v) is 3.35. The summed E-state index contributed by atoms with van der Waals surface area (Å²) in [7, 11) is 0. The Morgan fingerprint density at radius 1 is 1.06 bits per heavy atom. The summed E-state index contributed by atoms with van der Waals surface area (Å²) in [5.74, 6) is -0.159. The van der Waals surface area contributed by atoms with Crippen molar-refractivity contribution in [3.8, 4) is 0 Å². The fraction of sp³-hybridized carbons (Fsp3) is 0.462. The molecule has 16 heavy (non-hydrogen) atoms. The molecule has 1 N–H and O–H groups in total. The van der Waals surface area contributed by atoms with E-state index in [1.807, 2.05) is 6.07 Å². The van der Waals surface area contributed by atoms with Crippen LogP contribution in [0.25, 0.3) is 0 Å². The van der Waals surface area contributed by atoms with E-state index in [1.54, 1.807) is 0 Å². The molecular weight excluding hydrogens is 228 g/mol. The number of benzene rings is 1. The molecule has 0 aromatic heterocycles. The normalized spacial score (nSPS) is 24.5. The van der Waals surface area contributed by atoms with E-state index < -0.39 is 5.97 Å². The molecular formula is C13H16CaO2. The molecule has 1 aliphatic rings. The Morgan fingerprint density at radius 2 is 1.62 bits per heavy atom. The molecule has 1 saturated carbocycles. The van der Waals surface area contributed by atoms with E-state index >= 15 is 0 Å². The van der Waals surface area contributed by atoms with Crippen LogP contribution in [0.5, 0.6) is 0 Å². The molecule has 2 nitrogen and oxygen atoms in total. The van der Waals surface area contributed by atoms with Gasteiger partial charge in [0.1, 0.15) is 0 Å². The Balaban J connectivity index is 0.00000128. The summed E-state index contributed by atoms with van der Waals surface area (Å²) in [5, 5.41) is 8.90. The van der Waals surface area contributed by atoms with Crippen LogP contribution < -0.4 is 0 Å². The van der Waals surface area contributed by atoms with Crippen molar-refractivity contribution in [2.24, 2.45) is 5.92 Å². The van der Waals surface area contributed by atoms with Crippen LogP contribution in [0.2, 0.25) is 0 Å². The summed E-state index contributed by atoms with van der Waals surface area (Å²) in [6.45, 7) is 0. The zero-order valence-corrected chi connectivity index (χ0v) is 11.6. The van der Waals surface area contributed by atoms with Crippen molar-refractivity contribution in [2.75, 3.05) is 0 Å². The van der Waals surface area contributed by atoms with Crippen LogP contribution >= 0.6 is 0 Å². The van der Waals surface area contributed by atoms with Crippen molar-refractivity contribution in [1.29, 1.82) is 0 Å². The molecule has 0 aliphatic heterocycles. The second-order valence-corrected chi connectivity index (χ2v) is 4.30. The summed E-state index contributed by atoms with van der Waals surface area (Å²) in [4.78, 5) is 10.8. The Morgan fingerprint density at radius 3 is 2.12 bits per heavy atom. The average molecular weight is 244 g/mol. The number of carbonyl (C=O) groups is 1. The van der Waals surface area contributed by atoms with Gasteiger partial charge in [0.15, 0.2) is 0 Å². The first-order chi connectivity index (χ1) is 7.27. The van der Waals surface area contributed by atoms with Gasteiger partial charge in [0.25, 0.3) is 0 Å². The zero-order chi connectivity index (χ0) is 10.7.